The lowest BCUT2D eigenvalue weighted by Gasteiger charge is -2.11. The Hall–Kier alpha value is -2.10. The Bertz CT molecular complexity index is 713. The summed E-state index contributed by atoms with van der Waals surface area (Å²) in [6.07, 6.45) is 0. The van der Waals surface area contributed by atoms with Crippen LogP contribution in [0.1, 0.15) is 30.5 Å². The van der Waals surface area contributed by atoms with E-state index in [0.717, 1.165) is 22.1 Å². The van der Waals surface area contributed by atoms with Crippen molar-refractivity contribution in [3.05, 3.63) is 45.3 Å². The van der Waals surface area contributed by atoms with Crippen LogP contribution in [0.3, 0.4) is 0 Å². The molecule has 0 atom stereocenters. The Balaban J connectivity index is 2.47. The molecule has 0 bridgehead atoms. The lowest BCUT2D eigenvalue weighted by atomic mass is 10.0. The van der Waals surface area contributed by atoms with Gasteiger partial charge < -0.3 is 9.73 Å². The molecule has 0 fully saturated rings. The van der Waals surface area contributed by atoms with Crippen molar-refractivity contribution >= 4 is 16.9 Å². The van der Waals surface area contributed by atoms with Crippen molar-refractivity contribution in [3.8, 4) is 0 Å². The Morgan fingerprint density at radius 1 is 1.25 bits per heavy atom. The summed E-state index contributed by atoms with van der Waals surface area (Å²) < 4.78 is 5.27. The number of carbonyl (C=O) groups is 1. The second-order valence-electron chi connectivity index (χ2n) is 5.42. The number of carbonyl (C=O) groups excluding carboxylic acids is 1. The van der Waals surface area contributed by atoms with Crippen molar-refractivity contribution in [1.82, 2.24) is 5.32 Å². The molecule has 1 N–H and O–H groups in total. The van der Waals surface area contributed by atoms with Gasteiger partial charge in [-0.25, -0.2) is 4.79 Å². The van der Waals surface area contributed by atoms with E-state index in [2.05, 4.69) is 5.32 Å². The molecule has 0 aliphatic carbocycles. The van der Waals surface area contributed by atoms with Gasteiger partial charge in [0.05, 0.1) is 0 Å². The van der Waals surface area contributed by atoms with Crippen LogP contribution in [0.5, 0.6) is 0 Å². The molecule has 106 valence electrons. The molecule has 1 amide bonds. The smallest absolute Gasteiger partial charge is 0.336 e. The molecule has 2 aromatic rings. The number of fused-ring (bicyclic) bond motifs is 1. The summed E-state index contributed by atoms with van der Waals surface area (Å²) in [6, 6.07) is 5.39. The van der Waals surface area contributed by atoms with E-state index in [0.29, 0.717) is 12.1 Å². The highest BCUT2D eigenvalue weighted by Crippen LogP contribution is 2.22. The van der Waals surface area contributed by atoms with Gasteiger partial charge in [-0.3, -0.25) is 4.79 Å². The normalized spacial score (nSPS) is 11.1. The minimum absolute atomic E-state index is 0.0317. The number of amides is 1. The Morgan fingerprint density at radius 3 is 2.60 bits per heavy atom. The average molecular weight is 273 g/mol. The number of hydrogen-bond donors (Lipinski definition) is 1. The van der Waals surface area contributed by atoms with E-state index in [4.69, 9.17) is 4.42 Å². The van der Waals surface area contributed by atoms with E-state index >= 15 is 0 Å². The SMILES string of the molecule is Cc1cc(C)c2oc(=O)cc(CNC(=O)C(C)C)c2c1. The molecule has 1 aromatic heterocycles. The number of nitrogens with one attached hydrogen (secondary N) is 1. The van der Waals surface area contributed by atoms with Gasteiger partial charge in [0.1, 0.15) is 5.58 Å². The molecule has 1 aromatic carbocycles. The van der Waals surface area contributed by atoms with Crippen LogP contribution >= 0.6 is 0 Å². The maximum atomic E-state index is 11.7. The molecular weight excluding hydrogens is 254 g/mol. The predicted octanol–water partition coefficient (Wildman–Crippen LogP) is 2.68. The molecule has 0 unspecified atom stereocenters. The third-order valence-electron chi connectivity index (χ3n) is 3.24. The zero-order valence-electron chi connectivity index (χ0n) is 12.2. The van der Waals surface area contributed by atoms with E-state index in [1.54, 1.807) is 0 Å². The first kappa shape index (κ1) is 14.3. The molecule has 1 heterocycles. The van der Waals surface area contributed by atoms with Crippen molar-refractivity contribution < 1.29 is 9.21 Å². The van der Waals surface area contributed by atoms with Gasteiger partial charge in [0.25, 0.3) is 0 Å². The fourth-order valence-electron chi connectivity index (χ4n) is 2.21. The minimum atomic E-state index is -0.391. The maximum Gasteiger partial charge on any atom is 0.336 e. The fourth-order valence-corrected chi connectivity index (χ4v) is 2.21. The van der Waals surface area contributed by atoms with Crippen LogP contribution in [-0.2, 0) is 11.3 Å². The summed E-state index contributed by atoms with van der Waals surface area (Å²) in [4.78, 5) is 23.3. The average Bonchev–Trinajstić information content (AvgIpc) is 2.36. The van der Waals surface area contributed by atoms with Gasteiger partial charge in [-0.2, -0.15) is 0 Å². The van der Waals surface area contributed by atoms with Crippen LogP contribution in [0.15, 0.2) is 27.4 Å². The van der Waals surface area contributed by atoms with E-state index in [1.807, 2.05) is 39.8 Å². The summed E-state index contributed by atoms with van der Waals surface area (Å²) in [6.45, 7) is 7.91. The summed E-state index contributed by atoms with van der Waals surface area (Å²) in [5, 5.41) is 3.72. The fraction of sp³-hybridized carbons (Fsp3) is 0.375. The third-order valence-corrected chi connectivity index (χ3v) is 3.24. The highest BCUT2D eigenvalue weighted by atomic mass is 16.4. The van der Waals surface area contributed by atoms with Gasteiger partial charge in [-0.05, 0) is 36.6 Å². The number of aryl methyl sites for hydroxylation is 2. The highest BCUT2D eigenvalue weighted by Gasteiger charge is 2.11. The number of hydrogen-bond acceptors (Lipinski definition) is 3. The van der Waals surface area contributed by atoms with Crippen LogP contribution < -0.4 is 10.9 Å². The zero-order chi connectivity index (χ0) is 14.9. The molecule has 4 nitrogen and oxygen atoms in total. The van der Waals surface area contributed by atoms with Gasteiger partial charge >= 0.3 is 5.63 Å². The largest absolute Gasteiger partial charge is 0.422 e. The molecule has 0 aliphatic rings. The first-order valence-electron chi connectivity index (χ1n) is 6.70. The van der Waals surface area contributed by atoms with E-state index in [1.165, 1.54) is 6.07 Å². The first-order valence-corrected chi connectivity index (χ1v) is 6.70. The standard InChI is InChI=1S/C16H19NO3/c1-9(2)16(19)17-8-12-7-14(18)20-15-11(4)5-10(3)6-13(12)15/h5-7,9H,8H2,1-4H3,(H,17,19). The Labute approximate surface area is 117 Å². The maximum absolute atomic E-state index is 11.7. The Morgan fingerprint density at radius 2 is 1.95 bits per heavy atom. The van der Waals surface area contributed by atoms with Crippen LogP contribution in [0.25, 0.3) is 11.0 Å². The first-order chi connectivity index (χ1) is 9.38. The third kappa shape index (κ3) is 2.90. The lowest BCUT2D eigenvalue weighted by Crippen LogP contribution is -2.27. The molecule has 0 spiro atoms. The van der Waals surface area contributed by atoms with Crippen molar-refractivity contribution in [1.29, 1.82) is 0 Å². The van der Waals surface area contributed by atoms with E-state index < -0.39 is 5.63 Å². The summed E-state index contributed by atoms with van der Waals surface area (Å²) in [5.74, 6) is -0.111. The van der Waals surface area contributed by atoms with E-state index in [-0.39, 0.29) is 11.8 Å². The second kappa shape index (κ2) is 5.49. The predicted molar refractivity (Wildman–Crippen MR) is 78.6 cm³/mol. The highest BCUT2D eigenvalue weighted by molar-refractivity contribution is 5.84. The van der Waals surface area contributed by atoms with Gasteiger partial charge in [-0.1, -0.05) is 19.9 Å². The second-order valence-corrected chi connectivity index (χ2v) is 5.42. The molecule has 4 heteroatoms. The van der Waals surface area contributed by atoms with E-state index in [9.17, 15) is 9.59 Å². The molecular formula is C16H19NO3. The summed E-state index contributed by atoms with van der Waals surface area (Å²) in [5.41, 5.74) is 3.02. The summed E-state index contributed by atoms with van der Waals surface area (Å²) >= 11 is 0. The minimum Gasteiger partial charge on any atom is -0.422 e. The molecule has 2 rings (SSSR count). The molecule has 20 heavy (non-hydrogen) atoms. The zero-order valence-corrected chi connectivity index (χ0v) is 12.2. The van der Waals surface area contributed by atoms with Gasteiger partial charge in [0, 0.05) is 23.9 Å². The molecule has 0 radical (unpaired) electrons. The van der Waals surface area contributed by atoms with Crippen molar-refractivity contribution in [3.63, 3.8) is 0 Å². The Kier molecular flexibility index (Phi) is 3.93. The lowest BCUT2D eigenvalue weighted by molar-refractivity contribution is -0.124. The molecule has 0 saturated carbocycles. The van der Waals surface area contributed by atoms with Crippen molar-refractivity contribution in [2.24, 2.45) is 5.92 Å². The van der Waals surface area contributed by atoms with Crippen LogP contribution in [0, 0.1) is 19.8 Å². The monoisotopic (exact) mass is 273 g/mol. The topological polar surface area (TPSA) is 59.3 Å². The van der Waals surface area contributed by atoms with Gasteiger partial charge in [-0.15, -0.1) is 0 Å². The van der Waals surface area contributed by atoms with Crippen LogP contribution in [-0.4, -0.2) is 5.91 Å². The van der Waals surface area contributed by atoms with Crippen molar-refractivity contribution in [2.45, 2.75) is 34.2 Å². The number of rotatable bonds is 3. The molecule has 0 aliphatic heterocycles. The molecule has 0 saturated heterocycles. The van der Waals surface area contributed by atoms with Crippen LogP contribution in [0.2, 0.25) is 0 Å². The van der Waals surface area contributed by atoms with Gasteiger partial charge in [0.2, 0.25) is 5.91 Å². The van der Waals surface area contributed by atoms with Crippen molar-refractivity contribution in [2.75, 3.05) is 0 Å². The van der Waals surface area contributed by atoms with Crippen LogP contribution in [0.4, 0.5) is 0 Å². The summed E-state index contributed by atoms with van der Waals surface area (Å²) in [7, 11) is 0. The number of benzene rings is 1. The van der Waals surface area contributed by atoms with Gasteiger partial charge in [0.15, 0.2) is 0 Å². The quantitative estimate of drug-likeness (QED) is 0.875.